The first-order valence-electron chi connectivity index (χ1n) is 24.3. The monoisotopic (exact) mass is 935 g/mol. The number of rotatable bonds is 6. The van der Waals surface area contributed by atoms with Crippen molar-refractivity contribution in [3.05, 3.63) is 249 Å². The second-order valence-electron chi connectivity index (χ2n) is 18.7. The SMILES string of the molecule is c1ccc(-c2c3ccccc3c(-c3ccc(-c4ccc(-n5c6ccc(-c7cccc8c7sc7ccccc78)cc6c6cc(-c7cccc8c7sc7ccccc78)ccc65)cc4)cc3)c3ccccc23)cc1. The molecule has 1 nitrogen and oxygen atoms in total. The Kier molecular flexibility index (Phi) is 9.07. The van der Waals surface area contributed by atoms with Crippen LogP contribution in [0.1, 0.15) is 0 Å². The fourth-order valence-electron chi connectivity index (χ4n) is 11.6. The van der Waals surface area contributed by atoms with Crippen LogP contribution in [0.15, 0.2) is 249 Å². The molecule has 0 spiro atoms. The molecule has 330 valence electrons. The Morgan fingerprint density at radius 2 is 0.606 bits per heavy atom. The second kappa shape index (κ2) is 16.0. The van der Waals surface area contributed by atoms with Gasteiger partial charge >= 0.3 is 0 Å². The summed E-state index contributed by atoms with van der Waals surface area (Å²) < 4.78 is 7.77. The van der Waals surface area contributed by atoms with Crippen molar-refractivity contribution < 1.29 is 0 Å². The van der Waals surface area contributed by atoms with Crippen LogP contribution < -0.4 is 0 Å². The fourth-order valence-corrected chi connectivity index (χ4v) is 14.0. The lowest BCUT2D eigenvalue weighted by Crippen LogP contribution is -1.94. The molecule has 0 atom stereocenters. The third-order valence-electron chi connectivity index (χ3n) is 14.8. The first-order chi connectivity index (χ1) is 35.2. The van der Waals surface area contributed by atoms with Crippen molar-refractivity contribution >= 4 is 106 Å². The van der Waals surface area contributed by atoms with E-state index in [0.29, 0.717) is 0 Å². The molecule has 3 heterocycles. The Labute approximate surface area is 418 Å². The molecule has 0 saturated heterocycles. The zero-order valence-corrected chi connectivity index (χ0v) is 40.1. The quantitative estimate of drug-likeness (QED) is 0.146. The number of benzene rings is 12. The summed E-state index contributed by atoms with van der Waals surface area (Å²) in [4.78, 5) is 0. The highest BCUT2D eigenvalue weighted by Crippen LogP contribution is 2.46. The van der Waals surface area contributed by atoms with Gasteiger partial charge in [-0.2, -0.15) is 0 Å². The molecule has 0 aliphatic heterocycles. The Morgan fingerprint density at radius 1 is 0.239 bits per heavy atom. The van der Waals surface area contributed by atoms with Crippen molar-refractivity contribution in [2.24, 2.45) is 0 Å². The Bertz CT molecular complexity index is 4380. The topological polar surface area (TPSA) is 4.93 Å². The summed E-state index contributed by atoms with van der Waals surface area (Å²) in [6.45, 7) is 0. The molecule has 0 bridgehead atoms. The minimum Gasteiger partial charge on any atom is -0.309 e. The number of fused-ring (bicyclic) bond motifs is 11. The summed E-state index contributed by atoms with van der Waals surface area (Å²) in [6, 6.07) is 92.3. The molecule has 0 aliphatic rings. The Balaban J connectivity index is 0.855. The van der Waals surface area contributed by atoms with Gasteiger partial charge < -0.3 is 4.57 Å². The van der Waals surface area contributed by atoms with Gasteiger partial charge in [-0.3, -0.25) is 0 Å². The molecular weight excluding hydrogens is 895 g/mol. The predicted molar refractivity (Wildman–Crippen MR) is 309 cm³/mol. The molecule has 0 unspecified atom stereocenters. The van der Waals surface area contributed by atoms with E-state index in [-0.39, 0.29) is 0 Å². The summed E-state index contributed by atoms with van der Waals surface area (Å²) >= 11 is 3.78. The Morgan fingerprint density at radius 3 is 1.08 bits per heavy atom. The smallest absolute Gasteiger partial charge is 0.0541 e. The largest absolute Gasteiger partial charge is 0.309 e. The van der Waals surface area contributed by atoms with Crippen molar-refractivity contribution in [3.8, 4) is 61.3 Å². The van der Waals surface area contributed by atoms with Crippen LogP contribution in [0.4, 0.5) is 0 Å². The highest BCUT2D eigenvalue weighted by atomic mass is 32.1. The van der Waals surface area contributed by atoms with E-state index < -0.39 is 0 Å². The molecule has 15 aromatic rings. The van der Waals surface area contributed by atoms with Gasteiger partial charge in [-0.1, -0.05) is 200 Å². The summed E-state index contributed by atoms with van der Waals surface area (Å²) in [6.07, 6.45) is 0. The van der Waals surface area contributed by atoms with E-state index in [1.807, 2.05) is 22.7 Å². The molecule has 0 N–H and O–H groups in total. The van der Waals surface area contributed by atoms with Gasteiger partial charge in [-0.15, -0.1) is 22.7 Å². The average Bonchev–Trinajstić information content (AvgIpc) is 4.12. The number of hydrogen-bond donors (Lipinski definition) is 0. The number of nitrogens with zero attached hydrogens (tertiary/aromatic N) is 1. The van der Waals surface area contributed by atoms with Crippen LogP contribution >= 0.6 is 22.7 Å². The Hall–Kier alpha value is -8.60. The van der Waals surface area contributed by atoms with Gasteiger partial charge in [0.05, 0.1) is 11.0 Å². The van der Waals surface area contributed by atoms with Gasteiger partial charge in [-0.05, 0) is 126 Å². The van der Waals surface area contributed by atoms with Gasteiger partial charge in [0.15, 0.2) is 0 Å². The normalized spacial score (nSPS) is 11.9. The predicted octanol–water partition coefficient (Wildman–Crippen LogP) is 20.2. The van der Waals surface area contributed by atoms with Crippen LogP contribution in [0.2, 0.25) is 0 Å². The number of hydrogen-bond acceptors (Lipinski definition) is 2. The van der Waals surface area contributed by atoms with Gasteiger partial charge in [-0.25, -0.2) is 0 Å². The van der Waals surface area contributed by atoms with Gasteiger partial charge in [0, 0.05) is 56.8 Å². The molecule has 0 fully saturated rings. The molecule has 12 aromatic carbocycles. The van der Waals surface area contributed by atoms with Crippen molar-refractivity contribution in [1.29, 1.82) is 0 Å². The van der Waals surface area contributed by atoms with Gasteiger partial charge in [0.2, 0.25) is 0 Å². The van der Waals surface area contributed by atoms with Crippen LogP contribution in [-0.4, -0.2) is 4.57 Å². The van der Waals surface area contributed by atoms with Crippen molar-refractivity contribution in [1.82, 2.24) is 4.57 Å². The third-order valence-corrected chi connectivity index (χ3v) is 17.3. The summed E-state index contributed by atoms with van der Waals surface area (Å²) in [5.74, 6) is 0. The average molecular weight is 936 g/mol. The van der Waals surface area contributed by atoms with Crippen molar-refractivity contribution in [2.45, 2.75) is 0 Å². The molecular formula is C68H41NS2. The maximum Gasteiger partial charge on any atom is 0.0541 e. The molecule has 3 aromatic heterocycles. The van der Waals surface area contributed by atoms with Crippen LogP contribution in [-0.2, 0) is 0 Å². The summed E-state index contributed by atoms with van der Waals surface area (Å²) in [5.41, 5.74) is 15.9. The maximum atomic E-state index is 2.46. The van der Waals surface area contributed by atoms with E-state index in [9.17, 15) is 0 Å². The van der Waals surface area contributed by atoms with Crippen molar-refractivity contribution in [2.75, 3.05) is 0 Å². The minimum atomic E-state index is 1.14. The highest BCUT2D eigenvalue weighted by Gasteiger charge is 2.20. The second-order valence-corrected chi connectivity index (χ2v) is 20.8. The van der Waals surface area contributed by atoms with Crippen LogP contribution in [0.5, 0.6) is 0 Å². The zero-order valence-electron chi connectivity index (χ0n) is 38.4. The van der Waals surface area contributed by atoms with Crippen LogP contribution in [0.25, 0.3) is 145 Å². The fraction of sp³-hybridized carbons (Fsp3) is 0. The molecule has 3 heteroatoms. The molecule has 0 amide bonds. The first-order valence-corrected chi connectivity index (χ1v) is 25.9. The zero-order chi connectivity index (χ0) is 46.6. The van der Waals surface area contributed by atoms with E-state index in [1.165, 1.54) is 139 Å². The lowest BCUT2D eigenvalue weighted by atomic mass is 9.86. The van der Waals surface area contributed by atoms with Crippen LogP contribution in [0.3, 0.4) is 0 Å². The summed E-state index contributed by atoms with van der Waals surface area (Å²) in [7, 11) is 0. The van der Waals surface area contributed by atoms with E-state index in [0.717, 1.165) is 5.69 Å². The maximum absolute atomic E-state index is 2.46. The molecule has 71 heavy (non-hydrogen) atoms. The summed E-state index contributed by atoms with van der Waals surface area (Å²) in [5, 5.41) is 12.8. The third kappa shape index (κ3) is 6.30. The lowest BCUT2D eigenvalue weighted by Gasteiger charge is -2.18. The molecule has 0 aliphatic carbocycles. The molecule has 0 saturated carbocycles. The van der Waals surface area contributed by atoms with Crippen LogP contribution in [0, 0.1) is 0 Å². The number of aromatic nitrogens is 1. The lowest BCUT2D eigenvalue weighted by molar-refractivity contribution is 1.18. The first kappa shape index (κ1) is 40.3. The van der Waals surface area contributed by atoms with Crippen molar-refractivity contribution in [3.63, 3.8) is 0 Å². The van der Waals surface area contributed by atoms with Gasteiger partial charge in [0.1, 0.15) is 0 Å². The highest BCUT2D eigenvalue weighted by molar-refractivity contribution is 7.26. The van der Waals surface area contributed by atoms with E-state index in [1.54, 1.807) is 0 Å². The minimum absolute atomic E-state index is 1.14. The molecule has 0 radical (unpaired) electrons. The standard InChI is InChI=1S/C68H41NS2/c1-2-14-44(15-3-1)65-53-18-4-6-20-55(53)66(56-21-7-5-19-54(56)65)45-30-28-42(29-31-45)43-32-36-48(37-33-43)69-61-38-34-46(49-22-12-24-57-51-16-8-10-26-63(51)70-67(49)57)40-59(61)60-41-47(35-39-62(60)69)50-23-13-25-58-52-17-9-11-27-64(52)71-68(50)58/h1-41H. The van der Waals surface area contributed by atoms with E-state index >= 15 is 0 Å². The van der Waals surface area contributed by atoms with E-state index in [2.05, 4.69) is 253 Å². The number of thiophene rings is 2. The molecule has 15 rings (SSSR count). The van der Waals surface area contributed by atoms with Gasteiger partial charge in [0.25, 0.3) is 0 Å². The van der Waals surface area contributed by atoms with E-state index in [4.69, 9.17) is 0 Å².